The smallest absolute Gasteiger partial charge is 0.320 e. The molecule has 0 bridgehead atoms. The molecule has 0 amide bonds. The first-order valence-corrected chi connectivity index (χ1v) is 4.02. The van der Waals surface area contributed by atoms with E-state index in [1.54, 1.807) is 11.8 Å². The van der Waals surface area contributed by atoms with Gasteiger partial charge in [-0.1, -0.05) is 6.92 Å². The van der Waals surface area contributed by atoms with Crippen molar-refractivity contribution in [2.75, 3.05) is 6.61 Å². The van der Waals surface area contributed by atoms with Crippen LogP contribution >= 0.6 is 11.8 Å². The molecule has 0 aromatic carbocycles. The van der Waals surface area contributed by atoms with E-state index in [0.29, 0.717) is 11.9 Å². The van der Waals surface area contributed by atoms with Crippen LogP contribution in [0.5, 0.6) is 0 Å². The fourth-order valence-corrected chi connectivity index (χ4v) is 1.32. The van der Waals surface area contributed by atoms with Gasteiger partial charge < -0.3 is 4.74 Å². The molecule has 1 saturated heterocycles. The van der Waals surface area contributed by atoms with Crippen molar-refractivity contribution in [2.24, 2.45) is 0 Å². The summed E-state index contributed by atoms with van der Waals surface area (Å²) in [5.41, 5.74) is 0. The van der Waals surface area contributed by atoms with Gasteiger partial charge in [0.05, 0.1) is 6.61 Å². The lowest BCUT2D eigenvalue weighted by molar-refractivity contribution is -0.141. The largest absolute Gasteiger partial charge is 0.465 e. The van der Waals surface area contributed by atoms with Crippen molar-refractivity contribution >= 4 is 17.7 Å². The first kappa shape index (κ1) is 6.93. The zero-order chi connectivity index (χ0) is 6.85. The summed E-state index contributed by atoms with van der Waals surface area (Å²) in [7, 11) is 0. The Bertz CT molecular complexity index is 124. The van der Waals surface area contributed by atoms with Crippen LogP contribution in [0.2, 0.25) is 0 Å². The molecule has 2 atom stereocenters. The standard InChI is InChI=1S/C6H10O2S/c1-3-8-6(7)5-4(2)9-5/h4-5H,3H2,1-2H3/t4-,5+/m0/s1. The molecule has 1 aliphatic heterocycles. The maximum atomic E-state index is 10.8. The Kier molecular flexibility index (Phi) is 2.01. The van der Waals surface area contributed by atoms with E-state index in [2.05, 4.69) is 0 Å². The van der Waals surface area contributed by atoms with Crippen LogP contribution in [0.15, 0.2) is 0 Å². The van der Waals surface area contributed by atoms with E-state index in [1.807, 2.05) is 13.8 Å². The first-order valence-electron chi connectivity index (χ1n) is 3.07. The molecule has 9 heavy (non-hydrogen) atoms. The molecule has 2 nitrogen and oxygen atoms in total. The zero-order valence-corrected chi connectivity index (χ0v) is 6.40. The van der Waals surface area contributed by atoms with Crippen LogP contribution in [0.4, 0.5) is 0 Å². The number of esters is 1. The molecular weight excluding hydrogens is 136 g/mol. The van der Waals surface area contributed by atoms with Gasteiger partial charge in [-0.25, -0.2) is 0 Å². The molecule has 0 spiro atoms. The second-order valence-corrected chi connectivity index (χ2v) is 3.54. The van der Waals surface area contributed by atoms with Crippen molar-refractivity contribution < 1.29 is 9.53 Å². The van der Waals surface area contributed by atoms with E-state index in [9.17, 15) is 4.79 Å². The van der Waals surface area contributed by atoms with Crippen molar-refractivity contribution in [3.63, 3.8) is 0 Å². The lowest BCUT2D eigenvalue weighted by atomic mass is 10.3. The van der Waals surface area contributed by atoms with Gasteiger partial charge in [-0.3, -0.25) is 4.79 Å². The highest BCUT2D eigenvalue weighted by Gasteiger charge is 2.41. The Morgan fingerprint density at radius 2 is 2.33 bits per heavy atom. The molecule has 1 rings (SSSR count). The lowest BCUT2D eigenvalue weighted by Crippen LogP contribution is -2.11. The van der Waals surface area contributed by atoms with E-state index in [-0.39, 0.29) is 11.2 Å². The highest BCUT2D eigenvalue weighted by Crippen LogP contribution is 2.41. The van der Waals surface area contributed by atoms with E-state index in [1.165, 1.54) is 0 Å². The van der Waals surface area contributed by atoms with Crippen LogP contribution in [0.25, 0.3) is 0 Å². The van der Waals surface area contributed by atoms with Crippen LogP contribution in [0, 0.1) is 0 Å². The molecule has 0 N–H and O–H groups in total. The number of hydrogen-bond acceptors (Lipinski definition) is 3. The van der Waals surface area contributed by atoms with Gasteiger partial charge in [-0.15, -0.1) is 11.8 Å². The van der Waals surface area contributed by atoms with Crippen molar-refractivity contribution in [3.8, 4) is 0 Å². The Hall–Kier alpha value is -0.180. The van der Waals surface area contributed by atoms with Gasteiger partial charge in [0.15, 0.2) is 0 Å². The molecule has 0 unspecified atom stereocenters. The zero-order valence-electron chi connectivity index (χ0n) is 5.59. The third-order valence-corrected chi connectivity index (χ3v) is 2.51. The third kappa shape index (κ3) is 1.61. The predicted molar refractivity (Wildman–Crippen MR) is 37.5 cm³/mol. The van der Waals surface area contributed by atoms with Gasteiger partial charge in [0.2, 0.25) is 0 Å². The molecule has 0 aromatic rings. The molecule has 1 heterocycles. The fourth-order valence-electron chi connectivity index (χ4n) is 0.657. The minimum atomic E-state index is -0.0463. The van der Waals surface area contributed by atoms with Gasteiger partial charge in [0.25, 0.3) is 0 Å². The maximum Gasteiger partial charge on any atom is 0.320 e. The SMILES string of the molecule is CCOC(=O)[C@@H]1S[C@H]1C. The minimum Gasteiger partial charge on any atom is -0.465 e. The molecule has 52 valence electrons. The Morgan fingerprint density at radius 3 is 2.67 bits per heavy atom. The van der Waals surface area contributed by atoms with Gasteiger partial charge in [0.1, 0.15) is 5.25 Å². The lowest BCUT2D eigenvalue weighted by Gasteiger charge is -1.95. The number of hydrogen-bond donors (Lipinski definition) is 0. The normalized spacial score (nSPS) is 31.8. The molecule has 1 fully saturated rings. The minimum absolute atomic E-state index is 0.0463. The topological polar surface area (TPSA) is 26.3 Å². The molecule has 0 aliphatic carbocycles. The van der Waals surface area contributed by atoms with E-state index < -0.39 is 0 Å². The van der Waals surface area contributed by atoms with E-state index in [0.717, 1.165) is 0 Å². The van der Waals surface area contributed by atoms with E-state index in [4.69, 9.17) is 4.74 Å². The number of carbonyl (C=O) groups excluding carboxylic acids is 1. The summed E-state index contributed by atoms with van der Waals surface area (Å²) >= 11 is 1.66. The molecule has 0 saturated carbocycles. The van der Waals surface area contributed by atoms with Gasteiger partial charge in [-0.05, 0) is 6.92 Å². The van der Waals surface area contributed by atoms with Crippen LogP contribution in [0.3, 0.4) is 0 Å². The second kappa shape index (κ2) is 2.60. The molecule has 1 aliphatic rings. The van der Waals surface area contributed by atoms with Crippen LogP contribution in [0.1, 0.15) is 13.8 Å². The number of carbonyl (C=O) groups is 1. The summed E-state index contributed by atoms with van der Waals surface area (Å²) in [5, 5.41) is 0.633. The summed E-state index contributed by atoms with van der Waals surface area (Å²) < 4.78 is 4.78. The molecule has 0 aromatic heterocycles. The van der Waals surface area contributed by atoms with Crippen molar-refractivity contribution in [1.29, 1.82) is 0 Å². The number of ether oxygens (including phenoxy) is 1. The van der Waals surface area contributed by atoms with E-state index >= 15 is 0 Å². The number of thioether (sulfide) groups is 1. The highest BCUT2D eigenvalue weighted by atomic mass is 32.2. The van der Waals surface area contributed by atoms with Crippen molar-refractivity contribution in [2.45, 2.75) is 24.3 Å². The number of rotatable bonds is 2. The predicted octanol–water partition coefficient (Wildman–Crippen LogP) is 1.05. The Balaban J connectivity index is 2.20. The average molecular weight is 146 g/mol. The summed E-state index contributed by atoms with van der Waals surface area (Å²) in [6.45, 7) is 4.37. The fraction of sp³-hybridized carbons (Fsp3) is 0.833. The second-order valence-electron chi connectivity index (χ2n) is 2.01. The Morgan fingerprint density at radius 1 is 1.78 bits per heavy atom. The third-order valence-electron chi connectivity index (χ3n) is 1.23. The molecule has 3 heteroatoms. The summed E-state index contributed by atoms with van der Waals surface area (Å²) in [6.07, 6.45) is 0. The highest BCUT2D eigenvalue weighted by molar-refractivity contribution is 8.08. The molecular formula is C6H10O2S. The monoisotopic (exact) mass is 146 g/mol. The first-order chi connectivity index (χ1) is 4.25. The Labute approximate surface area is 59.0 Å². The quantitative estimate of drug-likeness (QED) is 0.430. The summed E-state index contributed by atoms with van der Waals surface area (Å²) in [5.74, 6) is -0.0463. The van der Waals surface area contributed by atoms with Crippen LogP contribution < -0.4 is 0 Å². The summed E-state index contributed by atoms with van der Waals surface area (Å²) in [4.78, 5) is 10.8. The van der Waals surface area contributed by atoms with Gasteiger partial charge >= 0.3 is 5.97 Å². The van der Waals surface area contributed by atoms with Crippen LogP contribution in [-0.2, 0) is 9.53 Å². The summed E-state index contributed by atoms with van der Waals surface area (Å²) in [6, 6.07) is 0. The van der Waals surface area contributed by atoms with Crippen LogP contribution in [-0.4, -0.2) is 23.1 Å². The molecule has 0 radical (unpaired) electrons. The van der Waals surface area contributed by atoms with Crippen molar-refractivity contribution in [3.05, 3.63) is 0 Å². The maximum absolute atomic E-state index is 10.8. The van der Waals surface area contributed by atoms with Gasteiger partial charge in [-0.2, -0.15) is 0 Å². The average Bonchev–Trinajstić information content (AvgIpc) is 2.47. The van der Waals surface area contributed by atoms with Gasteiger partial charge in [0, 0.05) is 5.25 Å². The van der Waals surface area contributed by atoms with Crippen molar-refractivity contribution in [1.82, 2.24) is 0 Å².